The van der Waals surface area contributed by atoms with Crippen LogP contribution in [0.25, 0.3) is 0 Å². The zero-order valence-corrected chi connectivity index (χ0v) is 9.92. The first-order valence-corrected chi connectivity index (χ1v) is 5.17. The lowest BCUT2D eigenvalue weighted by Crippen LogP contribution is -2.00. The summed E-state index contributed by atoms with van der Waals surface area (Å²) in [6.45, 7) is 5.67. The van der Waals surface area contributed by atoms with Gasteiger partial charge in [0.05, 0.1) is 5.02 Å². The van der Waals surface area contributed by atoms with Gasteiger partial charge in [-0.25, -0.2) is 9.18 Å². The third-order valence-electron chi connectivity index (χ3n) is 1.58. The molecule has 1 N–H and O–H groups in total. The molecule has 0 atom stereocenters. The average molecular weight is 249 g/mol. The molecule has 0 unspecified atom stereocenters. The van der Waals surface area contributed by atoms with E-state index < -0.39 is 17.3 Å². The Kier molecular flexibility index (Phi) is 7.50. The van der Waals surface area contributed by atoms with E-state index >= 15 is 0 Å². The van der Waals surface area contributed by atoms with Crippen LogP contribution in [0.2, 0.25) is 5.02 Å². The number of rotatable bonds is 3. The maximum atomic E-state index is 12.6. The van der Waals surface area contributed by atoms with Gasteiger partial charge < -0.3 is 9.84 Å². The number of carboxylic acids is 1. The summed E-state index contributed by atoms with van der Waals surface area (Å²) in [7, 11) is 0. The number of carboxylic acid groups (broad SMARTS) is 1. The van der Waals surface area contributed by atoms with Gasteiger partial charge in [0.15, 0.2) is 0 Å². The Morgan fingerprint density at radius 3 is 2.25 bits per heavy atom. The van der Waals surface area contributed by atoms with Crippen LogP contribution in [-0.2, 0) is 4.74 Å². The summed E-state index contributed by atoms with van der Waals surface area (Å²) in [6.07, 6.45) is 0. The first-order chi connectivity index (χ1) is 7.54. The van der Waals surface area contributed by atoms with Gasteiger partial charge in [0.2, 0.25) is 0 Å². The van der Waals surface area contributed by atoms with Crippen LogP contribution in [0.15, 0.2) is 18.2 Å². The quantitative estimate of drug-likeness (QED) is 0.893. The number of carbonyl (C=O) groups is 1. The molecule has 1 aromatic carbocycles. The van der Waals surface area contributed by atoms with Gasteiger partial charge in [-0.2, -0.15) is 0 Å². The fourth-order valence-corrected chi connectivity index (χ4v) is 1.15. The average Bonchev–Trinajstić information content (AvgIpc) is 2.19. The molecule has 1 rings (SSSR count). The van der Waals surface area contributed by atoms with Crippen molar-refractivity contribution in [2.24, 2.45) is 0 Å². The van der Waals surface area contributed by atoms with Crippen LogP contribution in [-0.4, -0.2) is 24.3 Å². The Balaban J connectivity index is 0.000000385. The molecule has 0 saturated carbocycles. The molecule has 0 aliphatic carbocycles. The smallest absolute Gasteiger partial charge is 0.340 e. The van der Waals surface area contributed by atoms with Crippen LogP contribution in [0.5, 0.6) is 0 Å². The van der Waals surface area contributed by atoms with Crippen molar-refractivity contribution in [3.8, 4) is 0 Å². The highest BCUT2D eigenvalue weighted by atomic mass is 35.5. The van der Waals surface area contributed by atoms with Gasteiger partial charge >= 0.3 is 5.97 Å². The number of hydrogen-bond donors (Lipinski definition) is 1. The lowest BCUT2D eigenvalue weighted by Gasteiger charge is -1.97. The Labute approximate surface area is 98.8 Å². The van der Waals surface area contributed by atoms with Gasteiger partial charge in [0.25, 0.3) is 0 Å². The molecular formula is C11H14ClFO3. The standard InChI is InChI=1S/C7H4ClFO2.C4H10O/c8-4-2-1-3-5(9)6(4)7(10)11;1-3-5-4-2/h1-3H,(H,10,11);3-4H2,1-2H3. The number of hydrogen-bond acceptors (Lipinski definition) is 2. The van der Waals surface area contributed by atoms with E-state index in [-0.39, 0.29) is 5.02 Å². The predicted molar refractivity (Wildman–Crippen MR) is 60.5 cm³/mol. The number of halogens is 2. The van der Waals surface area contributed by atoms with E-state index in [0.29, 0.717) is 0 Å². The predicted octanol–water partition coefficient (Wildman–Crippen LogP) is 3.22. The Morgan fingerprint density at radius 2 is 2.00 bits per heavy atom. The molecule has 0 bridgehead atoms. The summed E-state index contributed by atoms with van der Waals surface area (Å²) in [5, 5.41) is 8.34. The molecule has 0 aliphatic heterocycles. The molecule has 0 spiro atoms. The third-order valence-corrected chi connectivity index (χ3v) is 1.90. The zero-order chi connectivity index (χ0) is 12.6. The second-order valence-corrected chi connectivity index (χ2v) is 3.09. The maximum Gasteiger partial charge on any atom is 0.340 e. The Hall–Kier alpha value is -1.13. The second-order valence-electron chi connectivity index (χ2n) is 2.68. The maximum absolute atomic E-state index is 12.6. The van der Waals surface area contributed by atoms with Crippen molar-refractivity contribution < 1.29 is 19.0 Å². The molecule has 0 radical (unpaired) electrons. The van der Waals surface area contributed by atoms with E-state index in [0.717, 1.165) is 19.3 Å². The van der Waals surface area contributed by atoms with Crippen molar-refractivity contribution in [1.29, 1.82) is 0 Å². The number of aromatic carboxylic acids is 1. The van der Waals surface area contributed by atoms with Gasteiger partial charge in [-0.15, -0.1) is 0 Å². The van der Waals surface area contributed by atoms with Gasteiger partial charge in [0, 0.05) is 13.2 Å². The number of benzene rings is 1. The molecule has 5 heteroatoms. The van der Waals surface area contributed by atoms with E-state index in [1.165, 1.54) is 12.1 Å². The van der Waals surface area contributed by atoms with Crippen molar-refractivity contribution in [2.75, 3.05) is 13.2 Å². The summed E-state index contributed by atoms with van der Waals surface area (Å²) >= 11 is 5.40. The van der Waals surface area contributed by atoms with Crippen molar-refractivity contribution in [3.05, 3.63) is 34.6 Å². The topological polar surface area (TPSA) is 46.5 Å². The Morgan fingerprint density at radius 1 is 1.44 bits per heavy atom. The molecule has 0 heterocycles. The molecule has 0 aromatic heterocycles. The molecule has 0 saturated heterocycles. The third kappa shape index (κ3) is 5.09. The molecular weight excluding hydrogens is 235 g/mol. The van der Waals surface area contributed by atoms with Crippen LogP contribution in [0.4, 0.5) is 4.39 Å². The zero-order valence-electron chi connectivity index (χ0n) is 9.17. The lowest BCUT2D eigenvalue weighted by atomic mass is 10.2. The Bertz CT molecular complexity index is 320. The summed E-state index contributed by atoms with van der Waals surface area (Å²) in [5.41, 5.74) is -0.478. The first-order valence-electron chi connectivity index (χ1n) is 4.79. The van der Waals surface area contributed by atoms with Crippen LogP contribution in [0, 0.1) is 5.82 Å². The summed E-state index contributed by atoms with van der Waals surface area (Å²) in [6, 6.07) is 3.73. The van der Waals surface area contributed by atoms with Gasteiger partial charge in [-0.3, -0.25) is 0 Å². The molecule has 1 aromatic rings. The van der Waals surface area contributed by atoms with Crippen LogP contribution >= 0.6 is 11.6 Å². The SMILES string of the molecule is CCOCC.O=C(O)c1c(F)cccc1Cl. The molecule has 0 aliphatic rings. The summed E-state index contributed by atoms with van der Waals surface area (Å²) in [4.78, 5) is 10.3. The summed E-state index contributed by atoms with van der Waals surface area (Å²) in [5.74, 6) is -2.17. The van der Waals surface area contributed by atoms with Crippen LogP contribution < -0.4 is 0 Å². The fraction of sp³-hybridized carbons (Fsp3) is 0.364. The normalized spacial score (nSPS) is 9.25. The van der Waals surface area contributed by atoms with Crippen LogP contribution in [0.1, 0.15) is 24.2 Å². The molecule has 0 fully saturated rings. The van der Waals surface area contributed by atoms with Gasteiger partial charge in [0.1, 0.15) is 11.4 Å². The van der Waals surface area contributed by atoms with Crippen molar-refractivity contribution in [3.63, 3.8) is 0 Å². The minimum absolute atomic E-state index is 0.0856. The molecule has 3 nitrogen and oxygen atoms in total. The minimum Gasteiger partial charge on any atom is -0.478 e. The van der Waals surface area contributed by atoms with Gasteiger partial charge in [-0.1, -0.05) is 17.7 Å². The van der Waals surface area contributed by atoms with E-state index in [9.17, 15) is 9.18 Å². The molecule has 90 valence electrons. The van der Waals surface area contributed by atoms with E-state index in [1.807, 2.05) is 13.8 Å². The summed E-state index contributed by atoms with van der Waals surface area (Å²) < 4.78 is 17.5. The molecule has 0 amide bonds. The van der Waals surface area contributed by atoms with Gasteiger partial charge in [-0.05, 0) is 26.0 Å². The highest BCUT2D eigenvalue weighted by Crippen LogP contribution is 2.18. The minimum atomic E-state index is -1.35. The van der Waals surface area contributed by atoms with Crippen molar-refractivity contribution in [1.82, 2.24) is 0 Å². The number of ether oxygens (including phenoxy) is 1. The first kappa shape index (κ1) is 14.9. The fourth-order valence-electron chi connectivity index (χ4n) is 0.906. The molecule has 16 heavy (non-hydrogen) atoms. The van der Waals surface area contributed by atoms with E-state index in [2.05, 4.69) is 0 Å². The second kappa shape index (κ2) is 8.07. The lowest BCUT2D eigenvalue weighted by molar-refractivity contribution is 0.0692. The highest BCUT2D eigenvalue weighted by Gasteiger charge is 2.13. The largest absolute Gasteiger partial charge is 0.478 e. The van der Waals surface area contributed by atoms with Crippen molar-refractivity contribution in [2.45, 2.75) is 13.8 Å². The van der Waals surface area contributed by atoms with E-state index in [1.54, 1.807) is 0 Å². The monoisotopic (exact) mass is 248 g/mol. The van der Waals surface area contributed by atoms with E-state index in [4.69, 9.17) is 21.4 Å². The van der Waals surface area contributed by atoms with Crippen molar-refractivity contribution >= 4 is 17.6 Å². The van der Waals surface area contributed by atoms with Crippen LogP contribution in [0.3, 0.4) is 0 Å². The highest BCUT2D eigenvalue weighted by molar-refractivity contribution is 6.33.